The van der Waals surface area contributed by atoms with Gasteiger partial charge < -0.3 is 9.67 Å². The number of halogens is 1. The lowest BCUT2D eigenvalue weighted by Gasteiger charge is -2.02. The Bertz CT molecular complexity index is 792. The van der Waals surface area contributed by atoms with Gasteiger partial charge in [-0.1, -0.05) is 41.9 Å². The summed E-state index contributed by atoms with van der Waals surface area (Å²) in [5, 5.41) is 9.79. The molecular formula is C18H14ClNO2. The highest BCUT2D eigenvalue weighted by atomic mass is 35.5. The van der Waals surface area contributed by atoms with Gasteiger partial charge in [0.1, 0.15) is 0 Å². The van der Waals surface area contributed by atoms with Crippen LogP contribution < -0.4 is 0 Å². The van der Waals surface area contributed by atoms with Crippen LogP contribution in [0.1, 0.15) is 5.56 Å². The molecule has 3 nitrogen and oxygen atoms in total. The largest absolute Gasteiger partial charge is 0.481 e. The first-order chi connectivity index (χ1) is 10.6. The Hall–Kier alpha value is -2.52. The number of aliphatic carboxylic acids is 1. The monoisotopic (exact) mass is 311 g/mol. The van der Waals surface area contributed by atoms with Crippen molar-refractivity contribution in [2.24, 2.45) is 0 Å². The van der Waals surface area contributed by atoms with E-state index in [1.54, 1.807) is 12.1 Å². The van der Waals surface area contributed by atoms with Crippen LogP contribution in [-0.4, -0.2) is 15.6 Å². The molecule has 22 heavy (non-hydrogen) atoms. The highest BCUT2D eigenvalue weighted by Gasteiger charge is 2.13. The van der Waals surface area contributed by atoms with Crippen molar-refractivity contribution in [2.45, 2.75) is 6.42 Å². The molecule has 1 aromatic heterocycles. The molecule has 0 unspecified atom stereocenters. The maximum Gasteiger partial charge on any atom is 0.307 e. The van der Waals surface area contributed by atoms with Gasteiger partial charge in [-0.15, -0.1) is 0 Å². The van der Waals surface area contributed by atoms with Gasteiger partial charge in [-0.25, -0.2) is 0 Å². The van der Waals surface area contributed by atoms with Crippen LogP contribution in [-0.2, 0) is 11.2 Å². The lowest BCUT2D eigenvalue weighted by Crippen LogP contribution is -2.00. The van der Waals surface area contributed by atoms with E-state index >= 15 is 0 Å². The second-order valence-corrected chi connectivity index (χ2v) is 5.45. The predicted molar refractivity (Wildman–Crippen MR) is 87.6 cm³/mol. The molecule has 3 aromatic rings. The molecule has 0 aliphatic carbocycles. The summed E-state index contributed by atoms with van der Waals surface area (Å²) in [6.45, 7) is 0. The molecule has 0 spiro atoms. The smallest absolute Gasteiger partial charge is 0.307 e. The molecule has 0 saturated heterocycles. The van der Waals surface area contributed by atoms with E-state index in [0.717, 1.165) is 22.4 Å². The Labute approximate surface area is 133 Å². The van der Waals surface area contributed by atoms with Crippen LogP contribution in [0.4, 0.5) is 0 Å². The summed E-state index contributed by atoms with van der Waals surface area (Å²) in [6.07, 6.45) is 3.81. The van der Waals surface area contributed by atoms with Gasteiger partial charge in [-0.2, -0.15) is 0 Å². The van der Waals surface area contributed by atoms with Crippen molar-refractivity contribution < 1.29 is 9.90 Å². The third kappa shape index (κ3) is 3.05. The molecule has 0 radical (unpaired) electrons. The zero-order valence-electron chi connectivity index (χ0n) is 11.7. The molecule has 0 atom stereocenters. The average molecular weight is 312 g/mol. The highest BCUT2D eigenvalue weighted by Crippen LogP contribution is 2.28. The number of hydrogen-bond donors (Lipinski definition) is 1. The van der Waals surface area contributed by atoms with Gasteiger partial charge in [0, 0.05) is 28.7 Å². The van der Waals surface area contributed by atoms with Crippen LogP contribution in [0.2, 0.25) is 5.02 Å². The summed E-state index contributed by atoms with van der Waals surface area (Å²) in [7, 11) is 0. The molecule has 110 valence electrons. The topological polar surface area (TPSA) is 42.2 Å². The summed E-state index contributed by atoms with van der Waals surface area (Å²) >= 11 is 5.93. The van der Waals surface area contributed by atoms with Crippen molar-refractivity contribution in [3.8, 4) is 16.8 Å². The molecule has 0 fully saturated rings. The van der Waals surface area contributed by atoms with Crippen LogP contribution in [0.15, 0.2) is 67.0 Å². The second-order valence-electron chi connectivity index (χ2n) is 5.02. The molecule has 0 aliphatic rings. The fourth-order valence-corrected chi connectivity index (χ4v) is 2.57. The van der Waals surface area contributed by atoms with E-state index in [4.69, 9.17) is 16.7 Å². The van der Waals surface area contributed by atoms with Gasteiger partial charge >= 0.3 is 5.97 Å². The van der Waals surface area contributed by atoms with Crippen LogP contribution in [0.5, 0.6) is 0 Å². The third-order valence-corrected chi connectivity index (χ3v) is 3.71. The Morgan fingerprint density at radius 1 is 1.00 bits per heavy atom. The first kappa shape index (κ1) is 14.4. The summed E-state index contributed by atoms with van der Waals surface area (Å²) in [5.41, 5.74) is 3.63. The van der Waals surface area contributed by atoms with Crippen molar-refractivity contribution in [2.75, 3.05) is 0 Å². The Balaban J connectivity index is 2.09. The molecule has 0 saturated carbocycles. The standard InChI is InChI=1S/C18H14ClNO2/c19-15-8-6-13(7-9-15)17-12-20(11-14(17)10-18(21)22)16-4-2-1-3-5-16/h1-9,11-12H,10H2,(H,21,22). The lowest BCUT2D eigenvalue weighted by molar-refractivity contribution is -0.136. The summed E-state index contributed by atoms with van der Waals surface area (Å²) in [4.78, 5) is 11.1. The van der Waals surface area contributed by atoms with E-state index in [1.165, 1.54) is 0 Å². The van der Waals surface area contributed by atoms with Crippen molar-refractivity contribution >= 4 is 17.6 Å². The van der Waals surface area contributed by atoms with Gasteiger partial charge in [0.15, 0.2) is 0 Å². The minimum absolute atomic E-state index is 0.0161. The normalized spacial score (nSPS) is 10.6. The molecule has 0 amide bonds. The van der Waals surface area contributed by atoms with Crippen molar-refractivity contribution in [3.63, 3.8) is 0 Å². The zero-order valence-corrected chi connectivity index (χ0v) is 12.5. The number of rotatable bonds is 4. The van der Waals surface area contributed by atoms with Gasteiger partial charge in [-0.3, -0.25) is 4.79 Å². The quantitative estimate of drug-likeness (QED) is 0.774. The fourth-order valence-electron chi connectivity index (χ4n) is 2.44. The molecular weight excluding hydrogens is 298 g/mol. The van der Waals surface area contributed by atoms with Gasteiger partial charge in [0.25, 0.3) is 0 Å². The molecule has 2 aromatic carbocycles. The molecule has 4 heteroatoms. The van der Waals surface area contributed by atoms with Crippen LogP contribution >= 0.6 is 11.6 Å². The minimum Gasteiger partial charge on any atom is -0.481 e. The van der Waals surface area contributed by atoms with Gasteiger partial charge in [0.2, 0.25) is 0 Å². The number of benzene rings is 2. The number of nitrogens with zero attached hydrogens (tertiary/aromatic N) is 1. The zero-order chi connectivity index (χ0) is 15.5. The van der Waals surface area contributed by atoms with Crippen LogP contribution in [0.25, 0.3) is 16.8 Å². The van der Waals surface area contributed by atoms with E-state index in [-0.39, 0.29) is 6.42 Å². The molecule has 1 N–H and O–H groups in total. The summed E-state index contributed by atoms with van der Waals surface area (Å²) in [5.74, 6) is -0.846. The first-order valence-electron chi connectivity index (χ1n) is 6.87. The minimum atomic E-state index is -0.846. The lowest BCUT2D eigenvalue weighted by atomic mass is 10.0. The first-order valence-corrected chi connectivity index (χ1v) is 7.25. The Morgan fingerprint density at radius 3 is 2.32 bits per heavy atom. The Kier molecular flexibility index (Phi) is 3.98. The molecule has 0 aliphatic heterocycles. The van der Waals surface area contributed by atoms with Gasteiger partial charge in [0.05, 0.1) is 6.42 Å². The maximum atomic E-state index is 11.1. The Morgan fingerprint density at radius 2 is 1.68 bits per heavy atom. The van der Waals surface area contributed by atoms with E-state index in [9.17, 15) is 4.79 Å². The maximum absolute atomic E-state index is 11.1. The van der Waals surface area contributed by atoms with Crippen LogP contribution in [0.3, 0.4) is 0 Å². The number of carboxylic acid groups (broad SMARTS) is 1. The SMILES string of the molecule is O=C(O)Cc1cn(-c2ccccc2)cc1-c1ccc(Cl)cc1. The number of carbonyl (C=O) groups is 1. The van der Waals surface area contributed by atoms with E-state index in [1.807, 2.05) is 59.4 Å². The molecule has 0 bridgehead atoms. The van der Waals surface area contributed by atoms with Crippen molar-refractivity contribution in [1.29, 1.82) is 0 Å². The highest BCUT2D eigenvalue weighted by molar-refractivity contribution is 6.30. The number of hydrogen-bond acceptors (Lipinski definition) is 1. The van der Waals surface area contributed by atoms with Crippen LogP contribution in [0, 0.1) is 0 Å². The third-order valence-electron chi connectivity index (χ3n) is 3.46. The number of carboxylic acids is 1. The molecule has 1 heterocycles. The van der Waals surface area contributed by atoms with Crippen molar-refractivity contribution in [1.82, 2.24) is 4.57 Å². The average Bonchev–Trinajstić information content (AvgIpc) is 2.92. The predicted octanol–water partition coefficient (Wildman–Crippen LogP) is 4.42. The van der Waals surface area contributed by atoms with Gasteiger partial charge in [-0.05, 0) is 35.4 Å². The number of aromatic nitrogens is 1. The van der Waals surface area contributed by atoms with E-state index in [2.05, 4.69) is 0 Å². The van der Waals surface area contributed by atoms with E-state index < -0.39 is 5.97 Å². The van der Waals surface area contributed by atoms with E-state index in [0.29, 0.717) is 5.02 Å². The summed E-state index contributed by atoms with van der Waals surface area (Å²) < 4.78 is 1.95. The molecule has 3 rings (SSSR count). The number of para-hydroxylation sites is 1. The van der Waals surface area contributed by atoms with Crippen molar-refractivity contribution in [3.05, 3.63) is 77.6 Å². The fraction of sp³-hybridized carbons (Fsp3) is 0.0556. The second kappa shape index (κ2) is 6.08. The summed E-state index contributed by atoms with van der Waals surface area (Å²) in [6, 6.07) is 17.2.